The summed E-state index contributed by atoms with van der Waals surface area (Å²) in [6.45, 7) is 2.59. The standard InChI is InChI=1S/C30H33ClN4O7S/c1-2-41-28(37)18-40-21-30-20-34(43(38,39)26-6-4-22-15-24(31)5-3-23(22)16-26)17-27(36)35(30)19-29(42-30)9-13-33(14-10-29)25-7-11-32-12-8-25/h3-8,11-12,15-16H,2,9-10,13-14,17-21H2,1H3. The van der Waals surface area contributed by atoms with E-state index in [9.17, 15) is 18.0 Å². The van der Waals surface area contributed by atoms with Gasteiger partial charge in [-0.1, -0.05) is 23.7 Å². The number of hydrogen-bond acceptors (Lipinski definition) is 9. The van der Waals surface area contributed by atoms with E-state index in [4.69, 9.17) is 25.8 Å². The van der Waals surface area contributed by atoms with Crippen LogP contribution in [0.4, 0.5) is 5.69 Å². The summed E-state index contributed by atoms with van der Waals surface area (Å²) in [5, 5.41) is 2.06. The molecular formula is C30H33ClN4O7S. The van der Waals surface area contributed by atoms with Gasteiger partial charge in [-0.25, -0.2) is 13.2 Å². The molecule has 6 rings (SSSR count). The molecule has 3 aliphatic heterocycles. The molecule has 228 valence electrons. The van der Waals surface area contributed by atoms with Crippen molar-refractivity contribution in [1.82, 2.24) is 14.2 Å². The smallest absolute Gasteiger partial charge is 0.332 e. The lowest BCUT2D eigenvalue weighted by molar-refractivity contribution is -0.199. The number of sulfonamides is 1. The number of rotatable bonds is 8. The molecule has 2 aromatic carbocycles. The first-order valence-electron chi connectivity index (χ1n) is 14.2. The molecule has 1 spiro atoms. The second-order valence-electron chi connectivity index (χ2n) is 11.1. The van der Waals surface area contributed by atoms with Crippen LogP contribution in [0.5, 0.6) is 0 Å². The molecule has 1 amide bonds. The number of pyridine rings is 1. The van der Waals surface area contributed by atoms with Crippen LogP contribution >= 0.6 is 11.6 Å². The van der Waals surface area contributed by atoms with Crippen molar-refractivity contribution in [2.75, 3.05) is 57.4 Å². The highest BCUT2D eigenvalue weighted by molar-refractivity contribution is 7.89. The van der Waals surface area contributed by atoms with Gasteiger partial charge in [-0.2, -0.15) is 4.31 Å². The summed E-state index contributed by atoms with van der Waals surface area (Å²) in [5.74, 6) is -0.928. The first kappa shape index (κ1) is 29.8. The lowest BCUT2D eigenvalue weighted by atomic mass is 9.91. The molecule has 13 heteroatoms. The number of benzene rings is 2. The van der Waals surface area contributed by atoms with E-state index in [-0.39, 0.29) is 43.7 Å². The van der Waals surface area contributed by atoms with Crippen LogP contribution in [0.1, 0.15) is 19.8 Å². The van der Waals surface area contributed by atoms with Crippen molar-refractivity contribution < 1.29 is 32.2 Å². The Labute approximate surface area is 255 Å². The normalized spacial score (nSPS) is 22.2. The molecule has 1 atom stereocenters. The Morgan fingerprint density at radius 1 is 1.05 bits per heavy atom. The first-order valence-corrected chi connectivity index (χ1v) is 16.0. The number of ether oxygens (including phenoxy) is 3. The molecule has 3 fully saturated rings. The number of esters is 1. The average molecular weight is 629 g/mol. The van der Waals surface area contributed by atoms with Crippen LogP contribution in [-0.2, 0) is 33.8 Å². The molecular weight excluding hydrogens is 596 g/mol. The molecule has 3 aromatic rings. The van der Waals surface area contributed by atoms with Gasteiger partial charge in [0.2, 0.25) is 15.9 Å². The molecule has 0 aliphatic carbocycles. The second kappa shape index (κ2) is 11.7. The van der Waals surface area contributed by atoms with E-state index < -0.39 is 27.3 Å². The van der Waals surface area contributed by atoms with Crippen molar-refractivity contribution in [3.63, 3.8) is 0 Å². The molecule has 3 aliphatic rings. The van der Waals surface area contributed by atoms with Gasteiger partial charge in [0.15, 0.2) is 5.72 Å². The van der Waals surface area contributed by atoms with Gasteiger partial charge in [-0.05, 0) is 66.9 Å². The summed E-state index contributed by atoms with van der Waals surface area (Å²) in [6, 6.07) is 13.9. The Balaban J connectivity index is 1.27. The zero-order valence-electron chi connectivity index (χ0n) is 23.8. The Bertz CT molecular complexity index is 1630. The number of carbonyl (C=O) groups is 2. The quantitative estimate of drug-likeness (QED) is 0.347. The van der Waals surface area contributed by atoms with Crippen molar-refractivity contribution in [3.05, 3.63) is 65.9 Å². The van der Waals surface area contributed by atoms with Crippen molar-refractivity contribution >= 4 is 50.0 Å². The van der Waals surface area contributed by atoms with Gasteiger partial charge in [0, 0.05) is 36.2 Å². The monoisotopic (exact) mass is 628 g/mol. The third kappa shape index (κ3) is 5.82. The molecule has 1 unspecified atom stereocenters. The number of carbonyl (C=O) groups excluding carboxylic acids is 2. The highest BCUT2D eigenvalue weighted by atomic mass is 35.5. The highest BCUT2D eigenvalue weighted by Gasteiger charge is 2.61. The molecule has 1 aromatic heterocycles. The zero-order chi connectivity index (χ0) is 30.2. The lowest BCUT2D eigenvalue weighted by Crippen LogP contribution is -2.65. The Morgan fingerprint density at radius 3 is 2.51 bits per heavy atom. The summed E-state index contributed by atoms with van der Waals surface area (Å²) >= 11 is 6.10. The minimum absolute atomic E-state index is 0.0598. The Kier molecular flexibility index (Phi) is 8.07. The van der Waals surface area contributed by atoms with Gasteiger partial charge in [0.05, 0.1) is 43.3 Å². The molecule has 11 nitrogen and oxygen atoms in total. The number of hydrogen-bond donors (Lipinski definition) is 0. The maximum atomic E-state index is 14.0. The molecule has 0 N–H and O–H groups in total. The van der Waals surface area contributed by atoms with Gasteiger partial charge in [0.25, 0.3) is 0 Å². The Hall–Kier alpha value is -3.29. The van der Waals surface area contributed by atoms with E-state index in [2.05, 4.69) is 9.88 Å². The molecule has 3 saturated heterocycles. The Morgan fingerprint density at radius 2 is 1.77 bits per heavy atom. The van der Waals surface area contributed by atoms with Crippen molar-refractivity contribution in [1.29, 1.82) is 0 Å². The number of anilines is 1. The number of piperazine rings is 1. The third-order valence-electron chi connectivity index (χ3n) is 8.35. The van der Waals surface area contributed by atoms with Gasteiger partial charge >= 0.3 is 5.97 Å². The van der Waals surface area contributed by atoms with Gasteiger partial charge in [0.1, 0.15) is 6.61 Å². The fourth-order valence-electron chi connectivity index (χ4n) is 6.23. The van der Waals surface area contributed by atoms with Crippen molar-refractivity contribution in [2.45, 2.75) is 36.0 Å². The minimum atomic E-state index is -4.10. The van der Waals surface area contributed by atoms with Crippen LogP contribution in [0, 0.1) is 0 Å². The topological polar surface area (TPSA) is 119 Å². The highest BCUT2D eigenvalue weighted by Crippen LogP contribution is 2.44. The predicted octanol–water partition coefficient (Wildman–Crippen LogP) is 3.07. The maximum absolute atomic E-state index is 14.0. The molecule has 43 heavy (non-hydrogen) atoms. The summed E-state index contributed by atoms with van der Waals surface area (Å²) in [5.41, 5.74) is -1.04. The number of piperidine rings is 1. The number of halogens is 1. The van der Waals surface area contributed by atoms with Crippen LogP contribution < -0.4 is 4.90 Å². The van der Waals surface area contributed by atoms with Crippen LogP contribution in [-0.4, -0.2) is 98.4 Å². The predicted molar refractivity (Wildman–Crippen MR) is 159 cm³/mol. The van der Waals surface area contributed by atoms with Crippen molar-refractivity contribution in [2.24, 2.45) is 0 Å². The van der Waals surface area contributed by atoms with E-state index in [0.29, 0.717) is 42.9 Å². The van der Waals surface area contributed by atoms with E-state index in [0.717, 1.165) is 15.4 Å². The third-order valence-corrected chi connectivity index (χ3v) is 10.4. The summed E-state index contributed by atoms with van der Waals surface area (Å²) in [6.07, 6.45) is 4.75. The molecule has 0 bridgehead atoms. The summed E-state index contributed by atoms with van der Waals surface area (Å²) in [4.78, 5) is 33.7. The fourth-order valence-corrected chi connectivity index (χ4v) is 7.88. The van der Waals surface area contributed by atoms with E-state index in [1.165, 1.54) is 6.07 Å². The number of amides is 1. The van der Waals surface area contributed by atoms with E-state index in [1.54, 1.807) is 54.5 Å². The number of aromatic nitrogens is 1. The lowest BCUT2D eigenvalue weighted by Gasteiger charge is -2.45. The van der Waals surface area contributed by atoms with Crippen molar-refractivity contribution in [3.8, 4) is 0 Å². The largest absolute Gasteiger partial charge is 0.464 e. The van der Waals surface area contributed by atoms with Gasteiger partial charge in [-0.15, -0.1) is 0 Å². The average Bonchev–Trinajstić information content (AvgIpc) is 3.32. The zero-order valence-corrected chi connectivity index (χ0v) is 25.3. The molecule has 0 radical (unpaired) electrons. The van der Waals surface area contributed by atoms with Gasteiger partial charge < -0.3 is 24.0 Å². The minimum Gasteiger partial charge on any atom is -0.464 e. The van der Waals surface area contributed by atoms with Crippen LogP contribution in [0.2, 0.25) is 5.02 Å². The van der Waals surface area contributed by atoms with Crippen LogP contribution in [0.3, 0.4) is 0 Å². The van der Waals surface area contributed by atoms with Gasteiger partial charge in [-0.3, -0.25) is 9.78 Å². The molecule has 4 heterocycles. The van der Waals surface area contributed by atoms with Crippen LogP contribution in [0.25, 0.3) is 10.8 Å². The van der Waals surface area contributed by atoms with E-state index >= 15 is 0 Å². The maximum Gasteiger partial charge on any atom is 0.332 e. The van der Waals surface area contributed by atoms with E-state index in [1.807, 2.05) is 12.1 Å². The first-order chi connectivity index (χ1) is 20.6. The van der Waals surface area contributed by atoms with Crippen LogP contribution in [0.15, 0.2) is 65.8 Å². The number of fused-ring (bicyclic) bond motifs is 2. The number of nitrogens with zero attached hydrogens (tertiary/aromatic N) is 4. The second-order valence-corrected chi connectivity index (χ2v) is 13.5. The summed E-state index contributed by atoms with van der Waals surface area (Å²) in [7, 11) is -4.10. The molecule has 0 saturated carbocycles. The fraction of sp³-hybridized carbons (Fsp3) is 0.433. The SMILES string of the molecule is CCOC(=O)COCC12CN(S(=O)(=O)c3ccc4cc(Cl)ccc4c3)CC(=O)N1CC1(CCN(c3ccncc3)CC1)O2. The summed E-state index contributed by atoms with van der Waals surface area (Å²) < 4.78 is 46.6.